The summed E-state index contributed by atoms with van der Waals surface area (Å²) in [6, 6.07) is 4.59. The van der Waals surface area contributed by atoms with Crippen molar-refractivity contribution in [2.45, 2.75) is 64.1 Å². The normalized spacial score (nSPS) is 21.0. The molecular formula is C21H27FN2O5. The Hall–Kier alpha value is -2.64. The van der Waals surface area contributed by atoms with Crippen LogP contribution < -0.4 is 10.1 Å². The third-order valence-corrected chi connectivity index (χ3v) is 5.03. The zero-order chi connectivity index (χ0) is 21.2. The lowest BCUT2D eigenvalue weighted by atomic mass is 9.89. The molecule has 7 nitrogen and oxygen atoms in total. The van der Waals surface area contributed by atoms with Crippen LogP contribution in [0.1, 0.15) is 57.9 Å². The average molecular weight is 406 g/mol. The average Bonchev–Trinajstić information content (AvgIpc) is 2.63. The van der Waals surface area contributed by atoms with Gasteiger partial charge in [-0.25, -0.2) is 9.18 Å². The van der Waals surface area contributed by atoms with Gasteiger partial charge in [-0.15, -0.1) is 0 Å². The van der Waals surface area contributed by atoms with Crippen molar-refractivity contribution in [3.63, 3.8) is 0 Å². The quantitative estimate of drug-likeness (QED) is 0.780. The Kier molecular flexibility index (Phi) is 6.10. The number of nitrogens with zero attached hydrogens (tertiary/aromatic N) is 1. The van der Waals surface area contributed by atoms with Crippen LogP contribution in [0.4, 0.5) is 9.18 Å². The summed E-state index contributed by atoms with van der Waals surface area (Å²) in [6.07, 6.45) is 0.622. The first-order valence-corrected chi connectivity index (χ1v) is 9.90. The lowest BCUT2D eigenvalue weighted by Gasteiger charge is -2.33. The third-order valence-electron chi connectivity index (χ3n) is 5.03. The second-order valence-electron chi connectivity index (χ2n) is 8.48. The molecule has 2 aliphatic heterocycles. The van der Waals surface area contributed by atoms with E-state index in [2.05, 4.69) is 5.32 Å². The molecule has 1 N–H and O–H groups in total. The van der Waals surface area contributed by atoms with Gasteiger partial charge in [0.05, 0.1) is 0 Å². The van der Waals surface area contributed by atoms with Crippen molar-refractivity contribution < 1.29 is 28.2 Å². The number of imide groups is 1. The van der Waals surface area contributed by atoms with E-state index in [1.165, 1.54) is 6.07 Å². The van der Waals surface area contributed by atoms with E-state index in [0.717, 1.165) is 0 Å². The molecule has 1 atom stereocenters. The molecule has 3 amide bonds. The van der Waals surface area contributed by atoms with E-state index in [0.29, 0.717) is 31.5 Å². The molecule has 1 aromatic rings. The van der Waals surface area contributed by atoms with E-state index in [9.17, 15) is 18.8 Å². The molecule has 0 spiro atoms. The SMILES string of the molecule is CC(C)(C)OC(=O)N1CCC(c2ccc(OC3CCC(=O)NC3=O)cc2F)CC1. The summed E-state index contributed by atoms with van der Waals surface area (Å²) < 4.78 is 25.6. The number of amides is 3. The van der Waals surface area contributed by atoms with Crippen LogP contribution in [-0.4, -0.2) is 47.6 Å². The van der Waals surface area contributed by atoms with Crippen LogP contribution in [0.25, 0.3) is 0 Å². The Balaban J connectivity index is 1.58. The van der Waals surface area contributed by atoms with Crippen molar-refractivity contribution in [2.75, 3.05) is 13.1 Å². The highest BCUT2D eigenvalue weighted by Gasteiger charge is 2.30. The first-order valence-electron chi connectivity index (χ1n) is 9.90. The molecular weight excluding hydrogens is 379 g/mol. The standard InChI is InChI=1S/C21H27FN2O5/c1-21(2,3)29-20(27)24-10-8-13(9-11-24)15-5-4-14(12-16(15)22)28-17-6-7-18(25)23-19(17)26/h4-5,12-13,17H,6-11H2,1-3H3,(H,23,25,26). The van der Waals surface area contributed by atoms with Gasteiger partial charge in [0, 0.05) is 32.0 Å². The van der Waals surface area contributed by atoms with E-state index in [1.54, 1.807) is 17.0 Å². The Bertz CT molecular complexity index is 797. The summed E-state index contributed by atoms with van der Waals surface area (Å²) in [4.78, 5) is 36.8. The zero-order valence-electron chi connectivity index (χ0n) is 17.0. The zero-order valence-corrected chi connectivity index (χ0v) is 17.0. The van der Waals surface area contributed by atoms with Crippen molar-refractivity contribution in [3.05, 3.63) is 29.6 Å². The number of carbonyl (C=O) groups excluding carboxylic acids is 3. The Morgan fingerprint density at radius 2 is 1.86 bits per heavy atom. The van der Waals surface area contributed by atoms with Crippen LogP contribution >= 0.6 is 0 Å². The molecule has 1 aromatic carbocycles. The molecule has 0 radical (unpaired) electrons. The van der Waals surface area contributed by atoms with Crippen LogP contribution in [0.2, 0.25) is 0 Å². The molecule has 0 aliphatic carbocycles. The van der Waals surface area contributed by atoms with Crippen LogP contribution in [0.5, 0.6) is 5.75 Å². The Morgan fingerprint density at radius 3 is 2.45 bits per heavy atom. The van der Waals surface area contributed by atoms with Gasteiger partial charge < -0.3 is 14.4 Å². The predicted octanol–water partition coefficient (Wildman–Crippen LogP) is 3.12. The topological polar surface area (TPSA) is 84.9 Å². The molecule has 3 rings (SSSR count). The van der Waals surface area contributed by atoms with Gasteiger partial charge in [-0.1, -0.05) is 6.07 Å². The third kappa shape index (κ3) is 5.46. The summed E-state index contributed by atoms with van der Waals surface area (Å²) in [7, 11) is 0. The molecule has 0 saturated carbocycles. The molecule has 2 saturated heterocycles. The summed E-state index contributed by atoms with van der Waals surface area (Å²) in [6.45, 7) is 6.49. The van der Waals surface area contributed by atoms with Gasteiger partial charge in [0.2, 0.25) is 5.91 Å². The first kappa shape index (κ1) is 21.1. The second kappa shape index (κ2) is 8.39. The molecule has 2 heterocycles. The molecule has 0 aromatic heterocycles. The summed E-state index contributed by atoms with van der Waals surface area (Å²) >= 11 is 0. The van der Waals surface area contributed by atoms with E-state index >= 15 is 0 Å². The fourth-order valence-corrected chi connectivity index (χ4v) is 3.56. The van der Waals surface area contributed by atoms with Crippen molar-refractivity contribution in [3.8, 4) is 5.75 Å². The molecule has 2 fully saturated rings. The maximum Gasteiger partial charge on any atom is 0.410 e. The highest BCUT2D eigenvalue weighted by molar-refractivity contribution is 5.99. The van der Waals surface area contributed by atoms with Gasteiger partial charge in [-0.3, -0.25) is 14.9 Å². The fraction of sp³-hybridized carbons (Fsp3) is 0.571. The summed E-state index contributed by atoms with van der Waals surface area (Å²) in [5.74, 6) is -0.967. The number of piperidine rings is 2. The molecule has 158 valence electrons. The number of carbonyl (C=O) groups is 3. The van der Waals surface area contributed by atoms with E-state index < -0.39 is 23.4 Å². The Morgan fingerprint density at radius 1 is 1.17 bits per heavy atom. The number of hydrogen-bond acceptors (Lipinski definition) is 5. The van der Waals surface area contributed by atoms with Crippen molar-refractivity contribution in [1.29, 1.82) is 0 Å². The maximum absolute atomic E-state index is 14.7. The molecule has 2 aliphatic rings. The number of halogens is 1. The van der Waals surface area contributed by atoms with E-state index in [4.69, 9.17) is 9.47 Å². The number of ether oxygens (including phenoxy) is 2. The van der Waals surface area contributed by atoms with Gasteiger partial charge in [0.25, 0.3) is 5.91 Å². The van der Waals surface area contributed by atoms with E-state index in [1.807, 2.05) is 20.8 Å². The van der Waals surface area contributed by atoms with Crippen molar-refractivity contribution in [1.82, 2.24) is 10.2 Å². The van der Waals surface area contributed by atoms with Gasteiger partial charge in [-0.2, -0.15) is 0 Å². The Labute approximate surface area is 169 Å². The van der Waals surface area contributed by atoms with Crippen LogP contribution in [0.15, 0.2) is 18.2 Å². The smallest absolute Gasteiger partial charge is 0.410 e. The highest BCUT2D eigenvalue weighted by Crippen LogP contribution is 2.32. The highest BCUT2D eigenvalue weighted by atomic mass is 19.1. The number of hydrogen-bond donors (Lipinski definition) is 1. The lowest BCUT2D eigenvalue weighted by Crippen LogP contribution is -2.46. The molecule has 8 heteroatoms. The lowest BCUT2D eigenvalue weighted by molar-refractivity contribution is -0.138. The van der Waals surface area contributed by atoms with E-state index in [-0.39, 0.29) is 36.5 Å². The summed E-state index contributed by atoms with van der Waals surface area (Å²) in [5, 5.41) is 2.22. The van der Waals surface area contributed by atoms with Gasteiger partial charge >= 0.3 is 6.09 Å². The molecule has 0 bridgehead atoms. The number of rotatable bonds is 3. The minimum Gasteiger partial charge on any atom is -0.480 e. The first-order chi connectivity index (χ1) is 13.6. The summed E-state index contributed by atoms with van der Waals surface area (Å²) in [5.41, 5.74) is 0.0303. The second-order valence-corrected chi connectivity index (χ2v) is 8.48. The monoisotopic (exact) mass is 406 g/mol. The van der Waals surface area contributed by atoms with Gasteiger partial charge in [0.15, 0.2) is 6.10 Å². The largest absolute Gasteiger partial charge is 0.480 e. The van der Waals surface area contributed by atoms with Gasteiger partial charge in [-0.05, 0) is 51.2 Å². The number of benzene rings is 1. The molecule has 29 heavy (non-hydrogen) atoms. The van der Waals surface area contributed by atoms with Crippen molar-refractivity contribution >= 4 is 17.9 Å². The van der Waals surface area contributed by atoms with Crippen LogP contribution in [-0.2, 0) is 14.3 Å². The minimum atomic E-state index is -0.796. The van der Waals surface area contributed by atoms with Crippen LogP contribution in [0, 0.1) is 5.82 Å². The van der Waals surface area contributed by atoms with Gasteiger partial charge in [0.1, 0.15) is 17.2 Å². The predicted molar refractivity (Wildman–Crippen MR) is 103 cm³/mol. The molecule has 1 unspecified atom stereocenters. The number of nitrogens with one attached hydrogen (secondary N) is 1. The fourth-order valence-electron chi connectivity index (χ4n) is 3.56. The van der Waals surface area contributed by atoms with Crippen molar-refractivity contribution in [2.24, 2.45) is 0 Å². The van der Waals surface area contributed by atoms with Crippen LogP contribution in [0.3, 0.4) is 0 Å². The number of likely N-dealkylation sites (tertiary alicyclic amines) is 1. The minimum absolute atomic E-state index is 0.00154. The maximum atomic E-state index is 14.7.